The SMILES string of the molecule is CCNC(=NCc1cc(Cl)cc(Cl)c1OC(F)F)NCC. The topological polar surface area (TPSA) is 45.7 Å². The van der Waals surface area contributed by atoms with Crippen LogP contribution in [0.2, 0.25) is 10.0 Å². The Morgan fingerprint density at radius 3 is 2.38 bits per heavy atom. The highest BCUT2D eigenvalue weighted by atomic mass is 35.5. The average Bonchev–Trinajstić information content (AvgIpc) is 2.39. The lowest BCUT2D eigenvalue weighted by atomic mass is 10.2. The number of guanidine groups is 1. The Balaban J connectivity index is 3.02. The number of hydrogen-bond acceptors (Lipinski definition) is 2. The lowest BCUT2D eigenvalue weighted by Crippen LogP contribution is -2.37. The van der Waals surface area contributed by atoms with Crippen molar-refractivity contribution in [3.8, 4) is 5.75 Å². The van der Waals surface area contributed by atoms with Gasteiger partial charge >= 0.3 is 6.61 Å². The predicted molar refractivity (Wildman–Crippen MR) is 81.6 cm³/mol. The number of benzene rings is 1. The molecule has 21 heavy (non-hydrogen) atoms. The van der Waals surface area contributed by atoms with E-state index < -0.39 is 6.61 Å². The Labute approximate surface area is 132 Å². The maximum Gasteiger partial charge on any atom is 0.387 e. The third-order valence-corrected chi connectivity index (χ3v) is 2.89. The van der Waals surface area contributed by atoms with Crippen LogP contribution in [0.3, 0.4) is 0 Å². The normalized spacial score (nSPS) is 10.4. The standard InChI is InChI=1S/C13H17Cl2F2N3O/c1-3-18-13(19-4-2)20-7-8-5-9(14)6-10(15)11(8)21-12(16)17/h5-6,12H,3-4,7H2,1-2H3,(H2,18,19,20). The van der Waals surface area contributed by atoms with Crippen molar-refractivity contribution in [1.29, 1.82) is 0 Å². The van der Waals surface area contributed by atoms with Crippen molar-refractivity contribution >= 4 is 29.2 Å². The Morgan fingerprint density at radius 1 is 1.24 bits per heavy atom. The Hall–Kier alpha value is -1.27. The van der Waals surface area contributed by atoms with E-state index >= 15 is 0 Å². The molecule has 0 radical (unpaired) electrons. The average molecular weight is 340 g/mol. The molecule has 0 aliphatic carbocycles. The largest absolute Gasteiger partial charge is 0.433 e. The van der Waals surface area contributed by atoms with Crippen LogP contribution >= 0.6 is 23.2 Å². The smallest absolute Gasteiger partial charge is 0.387 e. The van der Waals surface area contributed by atoms with Crippen molar-refractivity contribution in [2.45, 2.75) is 27.0 Å². The van der Waals surface area contributed by atoms with Crippen LogP contribution in [0.1, 0.15) is 19.4 Å². The fourth-order valence-corrected chi connectivity index (χ4v) is 2.21. The summed E-state index contributed by atoms with van der Waals surface area (Å²) in [5, 5.41) is 6.42. The van der Waals surface area contributed by atoms with Crippen molar-refractivity contribution in [1.82, 2.24) is 10.6 Å². The highest BCUT2D eigenvalue weighted by molar-refractivity contribution is 6.35. The van der Waals surface area contributed by atoms with E-state index in [4.69, 9.17) is 23.2 Å². The van der Waals surface area contributed by atoms with Gasteiger partial charge in [0.2, 0.25) is 0 Å². The number of alkyl halides is 2. The Morgan fingerprint density at radius 2 is 1.86 bits per heavy atom. The second-order valence-electron chi connectivity index (χ2n) is 3.98. The molecule has 4 nitrogen and oxygen atoms in total. The van der Waals surface area contributed by atoms with E-state index in [2.05, 4.69) is 20.4 Å². The number of nitrogens with zero attached hydrogens (tertiary/aromatic N) is 1. The molecule has 118 valence electrons. The monoisotopic (exact) mass is 339 g/mol. The molecule has 0 aromatic heterocycles. The minimum atomic E-state index is -2.96. The molecule has 0 bridgehead atoms. The zero-order valence-electron chi connectivity index (χ0n) is 11.7. The number of ether oxygens (including phenoxy) is 1. The quantitative estimate of drug-likeness (QED) is 0.614. The molecular formula is C13H17Cl2F2N3O. The maximum absolute atomic E-state index is 12.4. The summed E-state index contributed by atoms with van der Waals surface area (Å²) in [4.78, 5) is 4.28. The van der Waals surface area contributed by atoms with Crippen LogP contribution < -0.4 is 15.4 Å². The molecule has 0 heterocycles. The molecule has 0 aliphatic heterocycles. The summed E-state index contributed by atoms with van der Waals surface area (Å²) in [7, 11) is 0. The van der Waals surface area contributed by atoms with E-state index in [-0.39, 0.29) is 17.3 Å². The molecular weight excluding hydrogens is 323 g/mol. The first kappa shape index (κ1) is 17.8. The summed E-state index contributed by atoms with van der Waals surface area (Å²) in [6.45, 7) is 2.36. The van der Waals surface area contributed by atoms with Gasteiger partial charge in [-0.05, 0) is 26.0 Å². The molecule has 0 fully saturated rings. The van der Waals surface area contributed by atoms with Crippen LogP contribution in [0.4, 0.5) is 8.78 Å². The van der Waals surface area contributed by atoms with Crippen molar-refractivity contribution in [3.63, 3.8) is 0 Å². The molecule has 8 heteroatoms. The molecule has 2 N–H and O–H groups in total. The molecule has 0 saturated carbocycles. The third kappa shape index (κ3) is 5.93. The van der Waals surface area contributed by atoms with E-state index in [0.29, 0.717) is 29.6 Å². The zero-order chi connectivity index (χ0) is 15.8. The van der Waals surface area contributed by atoms with Gasteiger partial charge in [0, 0.05) is 23.7 Å². The molecule has 1 rings (SSSR count). The van der Waals surface area contributed by atoms with Crippen LogP contribution in [0, 0.1) is 0 Å². The van der Waals surface area contributed by atoms with Gasteiger partial charge in [-0.15, -0.1) is 0 Å². The fourth-order valence-electron chi connectivity index (χ4n) is 1.63. The minimum Gasteiger partial charge on any atom is -0.433 e. The maximum atomic E-state index is 12.4. The van der Waals surface area contributed by atoms with Crippen molar-refractivity contribution < 1.29 is 13.5 Å². The first-order valence-electron chi connectivity index (χ1n) is 6.42. The summed E-state index contributed by atoms with van der Waals surface area (Å²) in [6.07, 6.45) is 0. The van der Waals surface area contributed by atoms with Crippen molar-refractivity contribution in [3.05, 3.63) is 27.7 Å². The Bertz CT molecular complexity index is 491. The molecule has 0 unspecified atom stereocenters. The van der Waals surface area contributed by atoms with Gasteiger partial charge in [-0.25, -0.2) is 4.99 Å². The Kier molecular flexibility index (Phi) is 7.53. The van der Waals surface area contributed by atoms with Gasteiger partial charge in [-0.2, -0.15) is 8.78 Å². The van der Waals surface area contributed by atoms with E-state index in [0.717, 1.165) is 0 Å². The second kappa shape index (κ2) is 8.89. The van der Waals surface area contributed by atoms with Gasteiger partial charge in [0.05, 0.1) is 11.6 Å². The fraction of sp³-hybridized carbons (Fsp3) is 0.462. The molecule has 0 atom stereocenters. The molecule has 0 amide bonds. The molecule has 0 spiro atoms. The first-order chi connectivity index (χ1) is 9.97. The lowest BCUT2D eigenvalue weighted by molar-refractivity contribution is -0.0503. The molecule has 0 aliphatic rings. The number of nitrogens with one attached hydrogen (secondary N) is 2. The summed E-state index contributed by atoms with van der Waals surface area (Å²) in [6, 6.07) is 2.85. The van der Waals surface area contributed by atoms with Gasteiger partial charge in [-0.1, -0.05) is 23.2 Å². The summed E-state index contributed by atoms with van der Waals surface area (Å²) in [5.41, 5.74) is 0.390. The van der Waals surface area contributed by atoms with E-state index in [1.807, 2.05) is 13.8 Å². The van der Waals surface area contributed by atoms with Gasteiger partial charge in [0.25, 0.3) is 0 Å². The molecule has 1 aromatic carbocycles. The van der Waals surface area contributed by atoms with Gasteiger partial charge in [0.1, 0.15) is 5.75 Å². The zero-order valence-corrected chi connectivity index (χ0v) is 13.2. The van der Waals surface area contributed by atoms with Crippen molar-refractivity contribution in [2.24, 2.45) is 4.99 Å². The summed E-state index contributed by atoms with van der Waals surface area (Å²) >= 11 is 11.8. The van der Waals surface area contributed by atoms with E-state index in [1.165, 1.54) is 12.1 Å². The highest BCUT2D eigenvalue weighted by Crippen LogP contribution is 2.34. The number of aliphatic imine (C=N–C) groups is 1. The van der Waals surface area contributed by atoms with Crippen LogP contribution in [-0.4, -0.2) is 25.7 Å². The molecule has 1 aromatic rings. The van der Waals surface area contributed by atoms with E-state index in [9.17, 15) is 8.78 Å². The van der Waals surface area contributed by atoms with Crippen LogP contribution in [0.15, 0.2) is 17.1 Å². The first-order valence-corrected chi connectivity index (χ1v) is 7.18. The van der Waals surface area contributed by atoms with Crippen LogP contribution in [0.25, 0.3) is 0 Å². The van der Waals surface area contributed by atoms with Crippen LogP contribution in [-0.2, 0) is 6.54 Å². The van der Waals surface area contributed by atoms with Gasteiger partial charge in [0.15, 0.2) is 5.96 Å². The number of rotatable bonds is 6. The molecule has 0 saturated heterocycles. The summed E-state index contributed by atoms with van der Waals surface area (Å²) in [5.74, 6) is 0.464. The highest BCUT2D eigenvalue weighted by Gasteiger charge is 2.15. The van der Waals surface area contributed by atoms with E-state index in [1.54, 1.807) is 0 Å². The number of halogens is 4. The second-order valence-corrected chi connectivity index (χ2v) is 4.82. The minimum absolute atomic E-state index is 0.0291. The predicted octanol–water partition coefficient (Wildman–Crippen LogP) is 3.67. The number of hydrogen-bond donors (Lipinski definition) is 2. The van der Waals surface area contributed by atoms with Gasteiger partial charge in [-0.3, -0.25) is 0 Å². The lowest BCUT2D eigenvalue weighted by Gasteiger charge is -2.13. The summed E-state index contributed by atoms with van der Waals surface area (Å²) < 4.78 is 29.3. The third-order valence-electron chi connectivity index (χ3n) is 2.39. The van der Waals surface area contributed by atoms with Gasteiger partial charge < -0.3 is 15.4 Å². The van der Waals surface area contributed by atoms with Crippen LogP contribution in [0.5, 0.6) is 5.75 Å². The van der Waals surface area contributed by atoms with Crippen molar-refractivity contribution in [2.75, 3.05) is 13.1 Å².